The third kappa shape index (κ3) is 5.26. The van der Waals surface area contributed by atoms with E-state index in [0.717, 1.165) is 66.7 Å². The van der Waals surface area contributed by atoms with Crippen LogP contribution in [0.25, 0.3) is 78.6 Å². The third-order valence-corrected chi connectivity index (χ3v) is 9.11. The highest BCUT2D eigenvalue weighted by Crippen LogP contribution is 2.37. The summed E-state index contributed by atoms with van der Waals surface area (Å²) in [5, 5.41) is 0. The summed E-state index contributed by atoms with van der Waals surface area (Å²) < 4.78 is 0. The molecule has 7 aromatic rings. The Morgan fingerprint density at radius 2 is 0.638 bits per heavy atom. The Labute approximate surface area is 275 Å². The van der Waals surface area contributed by atoms with E-state index >= 15 is 0 Å². The maximum atomic E-state index is 5.25. The standard InChI is InChI=1S/C43H38N4/c1-24-15-25(2)19-30(18-24)41-35-9-7-33(44-35)34-8-10-36(45-34)42(31-20-26(3)16-27(4)21-31)38-12-14-40(47-38)43(39-13-11-37(41)46-39)32-22-28(5)17-29(6)23-32/h7-23,44,46-47H,1-6H3. The number of fused-ring (bicyclic) bond motifs is 9. The predicted octanol–water partition coefficient (Wildman–Crippen LogP) is 11.5. The van der Waals surface area contributed by atoms with Crippen LogP contribution in [0.1, 0.15) is 44.8 Å². The third-order valence-electron chi connectivity index (χ3n) is 9.11. The topological polar surface area (TPSA) is 60.3 Å². The van der Waals surface area contributed by atoms with Crippen molar-refractivity contribution in [3.05, 3.63) is 136 Å². The van der Waals surface area contributed by atoms with Crippen LogP contribution in [0.2, 0.25) is 0 Å². The summed E-state index contributed by atoms with van der Waals surface area (Å²) >= 11 is 0. The van der Waals surface area contributed by atoms with Crippen molar-refractivity contribution in [2.24, 2.45) is 0 Å². The minimum atomic E-state index is 0.921. The summed E-state index contributed by atoms with van der Waals surface area (Å²) in [6.45, 7) is 13.0. The fraction of sp³-hybridized carbons (Fsp3) is 0.140. The largest absolute Gasteiger partial charge is 0.354 e. The van der Waals surface area contributed by atoms with E-state index in [1.165, 1.54) is 44.5 Å². The van der Waals surface area contributed by atoms with Crippen molar-refractivity contribution in [3.63, 3.8) is 0 Å². The Balaban J connectivity index is 1.58. The van der Waals surface area contributed by atoms with Crippen LogP contribution in [0.15, 0.2) is 91.0 Å². The normalized spacial score (nSPS) is 12.0. The zero-order valence-electron chi connectivity index (χ0n) is 27.8. The van der Waals surface area contributed by atoms with Crippen molar-refractivity contribution in [1.82, 2.24) is 19.9 Å². The number of nitrogens with one attached hydrogen (secondary N) is 3. The van der Waals surface area contributed by atoms with Gasteiger partial charge in [0.15, 0.2) is 0 Å². The Morgan fingerprint density at radius 3 is 1.04 bits per heavy atom. The van der Waals surface area contributed by atoms with Crippen LogP contribution in [0.4, 0.5) is 0 Å². The second-order valence-electron chi connectivity index (χ2n) is 13.3. The number of aromatic amines is 3. The maximum Gasteiger partial charge on any atom is 0.0872 e. The van der Waals surface area contributed by atoms with E-state index in [1.54, 1.807) is 0 Å². The number of rotatable bonds is 3. The molecule has 1 aliphatic rings. The molecule has 0 saturated carbocycles. The monoisotopic (exact) mass is 610 g/mol. The van der Waals surface area contributed by atoms with Gasteiger partial charge in [0.25, 0.3) is 0 Å². The van der Waals surface area contributed by atoms with E-state index in [4.69, 9.17) is 4.98 Å². The lowest BCUT2D eigenvalue weighted by molar-refractivity contribution is 1.31. The second-order valence-corrected chi connectivity index (χ2v) is 13.3. The Bertz CT molecular complexity index is 2470. The molecule has 230 valence electrons. The molecule has 8 bridgehead atoms. The maximum absolute atomic E-state index is 5.25. The minimum Gasteiger partial charge on any atom is -0.354 e. The highest BCUT2D eigenvalue weighted by Gasteiger charge is 2.16. The summed E-state index contributed by atoms with van der Waals surface area (Å²) in [4.78, 5) is 16.7. The smallest absolute Gasteiger partial charge is 0.0872 e. The summed E-state index contributed by atoms with van der Waals surface area (Å²) in [7, 11) is 0. The molecule has 4 aromatic heterocycles. The number of benzene rings is 3. The fourth-order valence-corrected chi connectivity index (χ4v) is 7.43. The number of nitrogens with zero attached hydrogens (tertiary/aromatic N) is 1. The SMILES string of the molecule is Cc1cc(C)cc(-c2c3nc(c4ccc([nH]4)c(-c4cc(C)cc(C)c4)c4ccc([nH]4)c(-c4cc(C)cc(C)c4)c4ccc2[nH]4)C=C3)c1. The molecule has 0 amide bonds. The van der Waals surface area contributed by atoms with Gasteiger partial charge in [-0.15, -0.1) is 0 Å². The lowest BCUT2D eigenvalue weighted by Gasteiger charge is -2.08. The molecular weight excluding hydrogens is 573 g/mol. The average molecular weight is 611 g/mol. The van der Waals surface area contributed by atoms with Crippen molar-refractivity contribution in [2.75, 3.05) is 0 Å². The van der Waals surface area contributed by atoms with Gasteiger partial charge in [0, 0.05) is 44.3 Å². The van der Waals surface area contributed by atoms with Crippen molar-refractivity contribution >= 4 is 45.3 Å². The highest BCUT2D eigenvalue weighted by molar-refractivity contribution is 6.00. The van der Waals surface area contributed by atoms with E-state index in [9.17, 15) is 0 Å². The van der Waals surface area contributed by atoms with Gasteiger partial charge >= 0.3 is 0 Å². The summed E-state index contributed by atoms with van der Waals surface area (Å²) in [5.74, 6) is 0. The van der Waals surface area contributed by atoms with Crippen LogP contribution in [0.3, 0.4) is 0 Å². The summed E-state index contributed by atoms with van der Waals surface area (Å²) in [6, 6.07) is 33.5. The van der Waals surface area contributed by atoms with E-state index in [1.807, 2.05) is 0 Å². The first-order valence-corrected chi connectivity index (χ1v) is 16.3. The number of hydrogen-bond donors (Lipinski definition) is 3. The van der Waals surface area contributed by atoms with Crippen LogP contribution < -0.4 is 0 Å². The first kappa shape index (κ1) is 28.8. The molecule has 0 spiro atoms. The summed E-state index contributed by atoms with van der Waals surface area (Å²) in [5.41, 5.74) is 22.3. The van der Waals surface area contributed by atoms with Gasteiger partial charge < -0.3 is 15.0 Å². The molecule has 3 N–H and O–H groups in total. The zero-order valence-corrected chi connectivity index (χ0v) is 27.8. The molecule has 0 radical (unpaired) electrons. The Kier molecular flexibility index (Phi) is 6.76. The molecule has 5 heterocycles. The Hall–Kier alpha value is -5.61. The molecule has 3 aromatic carbocycles. The van der Waals surface area contributed by atoms with Gasteiger partial charge in [-0.1, -0.05) is 88.0 Å². The Morgan fingerprint density at radius 1 is 0.340 bits per heavy atom. The van der Waals surface area contributed by atoms with E-state index in [2.05, 4.69) is 160 Å². The average Bonchev–Trinajstić information content (AvgIpc) is 3.81. The van der Waals surface area contributed by atoms with Crippen LogP contribution in [-0.4, -0.2) is 19.9 Å². The molecule has 8 rings (SSSR count). The van der Waals surface area contributed by atoms with E-state index < -0.39 is 0 Å². The molecule has 0 fully saturated rings. The molecular formula is C43H38N4. The molecule has 1 aliphatic heterocycles. The van der Waals surface area contributed by atoms with Crippen molar-refractivity contribution in [1.29, 1.82) is 0 Å². The zero-order chi connectivity index (χ0) is 32.4. The van der Waals surface area contributed by atoms with Gasteiger partial charge in [0.2, 0.25) is 0 Å². The van der Waals surface area contributed by atoms with Gasteiger partial charge in [-0.25, -0.2) is 4.98 Å². The number of aromatic nitrogens is 4. The van der Waals surface area contributed by atoms with Crippen LogP contribution in [0.5, 0.6) is 0 Å². The van der Waals surface area contributed by atoms with Crippen molar-refractivity contribution < 1.29 is 0 Å². The molecule has 4 nitrogen and oxygen atoms in total. The van der Waals surface area contributed by atoms with E-state index in [-0.39, 0.29) is 0 Å². The minimum absolute atomic E-state index is 0.921. The molecule has 47 heavy (non-hydrogen) atoms. The van der Waals surface area contributed by atoms with Crippen LogP contribution in [0, 0.1) is 41.5 Å². The molecule has 0 saturated heterocycles. The first-order valence-electron chi connectivity index (χ1n) is 16.3. The lowest BCUT2D eigenvalue weighted by atomic mass is 9.99. The quantitative estimate of drug-likeness (QED) is 0.183. The van der Waals surface area contributed by atoms with Crippen molar-refractivity contribution in [3.8, 4) is 33.4 Å². The van der Waals surface area contributed by atoms with Crippen LogP contribution in [-0.2, 0) is 0 Å². The number of H-pyrrole nitrogens is 3. The van der Waals surface area contributed by atoms with Gasteiger partial charge in [-0.2, -0.15) is 0 Å². The molecule has 0 unspecified atom stereocenters. The molecule has 4 heteroatoms. The summed E-state index contributed by atoms with van der Waals surface area (Å²) in [6.07, 6.45) is 4.27. The van der Waals surface area contributed by atoms with E-state index in [0.29, 0.717) is 0 Å². The fourth-order valence-electron chi connectivity index (χ4n) is 7.43. The predicted molar refractivity (Wildman–Crippen MR) is 200 cm³/mol. The lowest BCUT2D eigenvalue weighted by Crippen LogP contribution is -1.88. The molecule has 0 aliphatic carbocycles. The second kappa shape index (κ2) is 11.0. The number of aryl methyl sites for hydroxylation is 6. The molecule has 0 atom stereocenters. The number of hydrogen-bond acceptors (Lipinski definition) is 1. The highest BCUT2D eigenvalue weighted by atomic mass is 14.8. The first-order chi connectivity index (χ1) is 22.7. The van der Waals surface area contributed by atoms with Crippen molar-refractivity contribution in [2.45, 2.75) is 41.5 Å². The van der Waals surface area contributed by atoms with Gasteiger partial charge in [0.05, 0.1) is 16.9 Å². The van der Waals surface area contributed by atoms with Gasteiger partial charge in [-0.05, 0) is 107 Å². The van der Waals surface area contributed by atoms with Gasteiger partial charge in [-0.3, -0.25) is 0 Å². The van der Waals surface area contributed by atoms with Crippen LogP contribution >= 0.6 is 0 Å². The van der Waals surface area contributed by atoms with Gasteiger partial charge in [0.1, 0.15) is 0 Å².